The van der Waals surface area contributed by atoms with Gasteiger partial charge in [-0.1, -0.05) is 13.8 Å². The van der Waals surface area contributed by atoms with Gasteiger partial charge in [0.2, 0.25) is 0 Å². The Morgan fingerprint density at radius 1 is 1.24 bits per heavy atom. The second-order valence-electron chi connectivity index (χ2n) is 4.99. The molecule has 0 saturated carbocycles. The molecule has 0 heterocycles. The van der Waals surface area contributed by atoms with E-state index in [-0.39, 0.29) is 18.2 Å². The maximum atomic E-state index is 12.3. The number of carbonyl (C=O) groups excluding carboxylic acids is 1. The Morgan fingerprint density at radius 2 is 1.90 bits per heavy atom. The van der Waals surface area contributed by atoms with E-state index in [1.807, 2.05) is 13.8 Å². The van der Waals surface area contributed by atoms with Crippen molar-refractivity contribution in [3.63, 3.8) is 0 Å². The Morgan fingerprint density at radius 3 is 2.38 bits per heavy atom. The highest BCUT2D eigenvalue weighted by molar-refractivity contribution is 5.97. The van der Waals surface area contributed by atoms with Crippen LogP contribution in [-0.4, -0.2) is 37.2 Å². The van der Waals surface area contributed by atoms with Gasteiger partial charge in [-0.15, -0.1) is 0 Å². The number of benzene rings is 1. The van der Waals surface area contributed by atoms with Crippen LogP contribution < -0.4 is 14.8 Å². The van der Waals surface area contributed by atoms with Crippen molar-refractivity contribution in [2.24, 2.45) is 5.92 Å². The van der Waals surface area contributed by atoms with Gasteiger partial charge in [-0.2, -0.15) is 0 Å². The molecule has 1 unspecified atom stereocenters. The number of carboxylic acids is 1. The van der Waals surface area contributed by atoms with Gasteiger partial charge in [-0.25, -0.2) is 0 Å². The molecular weight excluding hydrogens is 274 g/mol. The van der Waals surface area contributed by atoms with Crippen LogP contribution in [0.15, 0.2) is 18.2 Å². The molecule has 1 aromatic carbocycles. The molecule has 6 nitrogen and oxygen atoms in total. The minimum atomic E-state index is -0.952. The van der Waals surface area contributed by atoms with Gasteiger partial charge in [-0.3, -0.25) is 9.59 Å². The van der Waals surface area contributed by atoms with Crippen molar-refractivity contribution in [2.75, 3.05) is 14.2 Å². The number of methoxy groups -OCH3 is 2. The summed E-state index contributed by atoms with van der Waals surface area (Å²) in [5.74, 6) is -0.398. The third-order valence-electron chi connectivity index (χ3n) is 3.17. The van der Waals surface area contributed by atoms with Gasteiger partial charge in [0.1, 0.15) is 11.5 Å². The summed E-state index contributed by atoms with van der Waals surface area (Å²) in [6, 6.07) is 4.43. The molecule has 1 atom stereocenters. The molecule has 0 saturated heterocycles. The summed E-state index contributed by atoms with van der Waals surface area (Å²) in [6.07, 6.45) is -0.129. The SMILES string of the molecule is COc1ccc(OC)c(C(=O)NC(CC(=O)O)C(C)C)c1. The fourth-order valence-corrected chi connectivity index (χ4v) is 1.88. The van der Waals surface area contributed by atoms with Gasteiger partial charge in [-0.05, 0) is 24.1 Å². The van der Waals surface area contributed by atoms with E-state index in [0.29, 0.717) is 17.1 Å². The zero-order valence-corrected chi connectivity index (χ0v) is 12.7. The highest BCUT2D eigenvalue weighted by atomic mass is 16.5. The Hall–Kier alpha value is -2.24. The highest BCUT2D eigenvalue weighted by Gasteiger charge is 2.22. The molecule has 21 heavy (non-hydrogen) atoms. The summed E-state index contributed by atoms with van der Waals surface area (Å²) in [5.41, 5.74) is 0.313. The highest BCUT2D eigenvalue weighted by Crippen LogP contribution is 2.24. The molecule has 1 amide bonds. The molecule has 1 aromatic rings. The molecular formula is C15H21NO5. The molecule has 0 aromatic heterocycles. The number of aliphatic carboxylic acids is 1. The number of hydrogen-bond donors (Lipinski definition) is 2. The Balaban J connectivity index is 2.98. The van der Waals surface area contributed by atoms with Crippen LogP contribution >= 0.6 is 0 Å². The number of hydrogen-bond acceptors (Lipinski definition) is 4. The van der Waals surface area contributed by atoms with Crippen LogP contribution in [0.3, 0.4) is 0 Å². The predicted molar refractivity (Wildman–Crippen MR) is 77.9 cm³/mol. The van der Waals surface area contributed by atoms with Crippen LogP contribution in [-0.2, 0) is 4.79 Å². The number of carbonyl (C=O) groups is 2. The Kier molecular flexibility index (Phi) is 6.02. The standard InChI is InChI=1S/C15H21NO5/c1-9(2)12(8-14(17)18)16-15(19)11-7-10(20-3)5-6-13(11)21-4/h5-7,9,12H,8H2,1-4H3,(H,16,19)(H,17,18). The quantitative estimate of drug-likeness (QED) is 0.803. The maximum absolute atomic E-state index is 12.3. The number of ether oxygens (including phenoxy) is 2. The normalized spacial score (nSPS) is 11.9. The largest absolute Gasteiger partial charge is 0.497 e. The van der Waals surface area contributed by atoms with Crippen LogP contribution in [0.2, 0.25) is 0 Å². The van der Waals surface area contributed by atoms with E-state index in [1.54, 1.807) is 18.2 Å². The molecule has 0 aliphatic rings. The molecule has 0 fully saturated rings. The van der Waals surface area contributed by atoms with Crippen LogP contribution in [0.5, 0.6) is 11.5 Å². The van der Waals surface area contributed by atoms with E-state index in [1.165, 1.54) is 14.2 Å². The molecule has 6 heteroatoms. The molecule has 116 valence electrons. The maximum Gasteiger partial charge on any atom is 0.305 e. The zero-order valence-electron chi connectivity index (χ0n) is 12.7. The summed E-state index contributed by atoms with van der Waals surface area (Å²) in [6.45, 7) is 3.72. The lowest BCUT2D eigenvalue weighted by atomic mass is 10.0. The van der Waals surface area contributed by atoms with E-state index in [0.717, 1.165) is 0 Å². The summed E-state index contributed by atoms with van der Waals surface area (Å²) < 4.78 is 10.2. The summed E-state index contributed by atoms with van der Waals surface area (Å²) in [4.78, 5) is 23.2. The lowest BCUT2D eigenvalue weighted by molar-refractivity contribution is -0.137. The van der Waals surface area contributed by atoms with E-state index < -0.39 is 12.0 Å². The van der Waals surface area contributed by atoms with Crippen LogP contribution in [0, 0.1) is 5.92 Å². The molecule has 0 spiro atoms. The smallest absolute Gasteiger partial charge is 0.305 e. The van der Waals surface area contributed by atoms with Gasteiger partial charge in [0.25, 0.3) is 5.91 Å². The van der Waals surface area contributed by atoms with Gasteiger partial charge in [0.15, 0.2) is 0 Å². The number of amides is 1. The minimum absolute atomic E-state index is 0.00153. The molecule has 1 rings (SSSR count). The average Bonchev–Trinajstić information content (AvgIpc) is 2.45. The van der Waals surface area contributed by atoms with E-state index >= 15 is 0 Å². The second kappa shape index (κ2) is 7.52. The van der Waals surface area contributed by atoms with Crippen LogP contribution in [0.25, 0.3) is 0 Å². The fraction of sp³-hybridized carbons (Fsp3) is 0.467. The lowest BCUT2D eigenvalue weighted by Crippen LogP contribution is -2.40. The Bertz CT molecular complexity index is 513. The monoisotopic (exact) mass is 295 g/mol. The molecule has 0 aliphatic carbocycles. The number of rotatable bonds is 7. The van der Waals surface area contributed by atoms with E-state index in [9.17, 15) is 9.59 Å². The molecule has 0 bridgehead atoms. The van der Waals surface area contributed by atoms with Crippen molar-refractivity contribution in [2.45, 2.75) is 26.3 Å². The van der Waals surface area contributed by atoms with Crippen molar-refractivity contribution in [3.05, 3.63) is 23.8 Å². The van der Waals surface area contributed by atoms with E-state index in [2.05, 4.69) is 5.32 Å². The average molecular weight is 295 g/mol. The van der Waals surface area contributed by atoms with Crippen molar-refractivity contribution in [1.29, 1.82) is 0 Å². The third-order valence-corrected chi connectivity index (χ3v) is 3.17. The van der Waals surface area contributed by atoms with Crippen molar-refractivity contribution >= 4 is 11.9 Å². The predicted octanol–water partition coefficient (Wildman–Crippen LogP) is 1.93. The Labute approximate surface area is 124 Å². The first-order valence-electron chi connectivity index (χ1n) is 6.63. The molecule has 2 N–H and O–H groups in total. The van der Waals surface area contributed by atoms with Crippen LogP contribution in [0.1, 0.15) is 30.6 Å². The fourth-order valence-electron chi connectivity index (χ4n) is 1.88. The summed E-state index contributed by atoms with van der Waals surface area (Å²) in [7, 11) is 2.97. The first-order chi connectivity index (χ1) is 9.88. The van der Waals surface area contributed by atoms with Crippen LogP contribution in [0.4, 0.5) is 0 Å². The van der Waals surface area contributed by atoms with Gasteiger partial charge in [0, 0.05) is 6.04 Å². The molecule has 0 aliphatic heterocycles. The third kappa shape index (κ3) is 4.66. The van der Waals surface area contributed by atoms with Crippen molar-refractivity contribution in [1.82, 2.24) is 5.32 Å². The van der Waals surface area contributed by atoms with Gasteiger partial charge in [0.05, 0.1) is 26.2 Å². The zero-order chi connectivity index (χ0) is 16.0. The summed E-state index contributed by atoms with van der Waals surface area (Å²) in [5, 5.41) is 11.6. The summed E-state index contributed by atoms with van der Waals surface area (Å²) >= 11 is 0. The number of carboxylic acid groups (broad SMARTS) is 1. The number of nitrogens with one attached hydrogen (secondary N) is 1. The van der Waals surface area contributed by atoms with E-state index in [4.69, 9.17) is 14.6 Å². The topological polar surface area (TPSA) is 84.9 Å². The van der Waals surface area contributed by atoms with Crippen molar-refractivity contribution in [3.8, 4) is 11.5 Å². The second-order valence-corrected chi connectivity index (χ2v) is 4.99. The molecule has 0 radical (unpaired) electrons. The first kappa shape index (κ1) is 16.8. The van der Waals surface area contributed by atoms with Crippen molar-refractivity contribution < 1.29 is 24.2 Å². The minimum Gasteiger partial charge on any atom is -0.497 e. The first-order valence-corrected chi connectivity index (χ1v) is 6.63. The van der Waals surface area contributed by atoms with Gasteiger partial charge < -0.3 is 19.9 Å². The van der Waals surface area contributed by atoms with Gasteiger partial charge >= 0.3 is 5.97 Å². The lowest BCUT2D eigenvalue weighted by Gasteiger charge is -2.21.